The number of aromatic nitrogens is 2. The highest BCUT2D eigenvalue weighted by atomic mass is 16.5. The first-order chi connectivity index (χ1) is 9.26. The van der Waals surface area contributed by atoms with Gasteiger partial charge in [0.2, 0.25) is 5.88 Å². The molecular formula is C15H19N3O. The van der Waals surface area contributed by atoms with Crippen LogP contribution in [0.2, 0.25) is 0 Å². The van der Waals surface area contributed by atoms with Crippen molar-refractivity contribution >= 4 is 0 Å². The number of rotatable bonds is 5. The van der Waals surface area contributed by atoms with E-state index in [1.165, 1.54) is 11.1 Å². The van der Waals surface area contributed by atoms with Gasteiger partial charge in [-0.2, -0.15) is 0 Å². The molecule has 0 saturated carbocycles. The molecule has 2 rings (SSSR count). The van der Waals surface area contributed by atoms with Gasteiger partial charge in [-0.15, -0.1) is 0 Å². The minimum atomic E-state index is 0.561. The molecule has 0 radical (unpaired) electrons. The predicted octanol–water partition coefficient (Wildman–Crippen LogP) is 2.57. The fourth-order valence-corrected chi connectivity index (χ4v) is 1.98. The van der Waals surface area contributed by atoms with E-state index >= 15 is 0 Å². The van der Waals surface area contributed by atoms with Gasteiger partial charge in [0.25, 0.3) is 0 Å². The van der Waals surface area contributed by atoms with Crippen LogP contribution in [0.1, 0.15) is 18.1 Å². The Hall–Kier alpha value is -1.94. The van der Waals surface area contributed by atoms with Crippen molar-refractivity contribution in [1.29, 1.82) is 0 Å². The summed E-state index contributed by atoms with van der Waals surface area (Å²) < 4.78 is 5.31. The van der Waals surface area contributed by atoms with Crippen molar-refractivity contribution in [1.82, 2.24) is 15.3 Å². The van der Waals surface area contributed by atoms with Crippen molar-refractivity contribution in [3.05, 3.63) is 41.7 Å². The monoisotopic (exact) mass is 257 g/mol. The SMILES string of the molecule is CCNCc1ccc(C)cc1-c1nccnc1OC. The second-order valence-electron chi connectivity index (χ2n) is 4.36. The molecular weight excluding hydrogens is 238 g/mol. The maximum absolute atomic E-state index is 5.31. The highest BCUT2D eigenvalue weighted by molar-refractivity contribution is 5.68. The second kappa shape index (κ2) is 6.29. The van der Waals surface area contributed by atoms with E-state index in [0.29, 0.717) is 5.88 Å². The van der Waals surface area contributed by atoms with E-state index < -0.39 is 0 Å². The quantitative estimate of drug-likeness (QED) is 0.894. The lowest BCUT2D eigenvalue weighted by molar-refractivity contribution is 0.397. The van der Waals surface area contributed by atoms with Crippen molar-refractivity contribution in [2.45, 2.75) is 20.4 Å². The summed E-state index contributed by atoms with van der Waals surface area (Å²) in [6, 6.07) is 6.36. The van der Waals surface area contributed by atoms with Gasteiger partial charge >= 0.3 is 0 Å². The summed E-state index contributed by atoms with van der Waals surface area (Å²) in [5, 5.41) is 3.34. The highest BCUT2D eigenvalue weighted by Crippen LogP contribution is 2.29. The third-order valence-electron chi connectivity index (χ3n) is 2.94. The van der Waals surface area contributed by atoms with Gasteiger partial charge in [0.05, 0.1) is 7.11 Å². The lowest BCUT2D eigenvalue weighted by Gasteiger charge is -2.12. The molecule has 1 N–H and O–H groups in total. The van der Waals surface area contributed by atoms with E-state index in [1.807, 2.05) is 0 Å². The van der Waals surface area contributed by atoms with Crippen LogP contribution in [0, 0.1) is 6.92 Å². The summed E-state index contributed by atoms with van der Waals surface area (Å²) in [7, 11) is 1.62. The summed E-state index contributed by atoms with van der Waals surface area (Å²) >= 11 is 0. The van der Waals surface area contributed by atoms with Crippen LogP contribution in [0.25, 0.3) is 11.3 Å². The standard InChI is InChI=1S/C15H19N3O/c1-4-16-10-12-6-5-11(2)9-13(12)14-15(19-3)18-8-7-17-14/h5-9,16H,4,10H2,1-3H3. The van der Waals surface area contributed by atoms with Crippen molar-refractivity contribution in [3.63, 3.8) is 0 Å². The Labute approximate surface area is 113 Å². The van der Waals surface area contributed by atoms with Gasteiger partial charge in [0.1, 0.15) is 5.69 Å². The zero-order valence-corrected chi connectivity index (χ0v) is 11.6. The molecule has 0 atom stereocenters. The Morgan fingerprint density at radius 1 is 1.21 bits per heavy atom. The van der Waals surface area contributed by atoms with Gasteiger partial charge < -0.3 is 10.1 Å². The summed E-state index contributed by atoms with van der Waals surface area (Å²) in [6.07, 6.45) is 3.33. The van der Waals surface area contributed by atoms with Gasteiger partial charge in [-0.3, -0.25) is 0 Å². The average Bonchev–Trinajstić information content (AvgIpc) is 2.46. The highest BCUT2D eigenvalue weighted by Gasteiger charge is 2.12. The number of nitrogens with one attached hydrogen (secondary N) is 1. The van der Waals surface area contributed by atoms with Crippen LogP contribution in [0.3, 0.4) is 0 Å². The summed E-state index contributed by atoms with van der Waals surface area (Å²) in [5.74, 6) is 0.561. The molecule has 4 heteroatoms. The van der Waals surface area contributed by atoms with Gasteiger partial charge in [0, 0.05) is 24.5 Å². The van der Waals surface area contributed by atoms with Crippen molar-refractivity contribution in [2.75, 3.05) is 13.7 Å². The minimum absolute atomic E-state index is 0.561. The maximum Gasteiger partial charge on any atom is 0.240 e. The molecule has 4 nitrogen and oxygen atoms in total. The first kappa shape index (κ1) is 13.5. The van der Waals surface area contributed by atoms with Crippen molar-refractivity contribution in [3.8, 4) is 17.1 Å². The lowest BCUT2D eigenvalue weighted by atomic mass is 10.0. The molecule has 0 amide bonds. The third kappa shape index (κ3) is 3.09. The Morgan fingerprint density at radius 3 is 2.74 bits per heavy atom. The Kier molecular flexibility index (Phi) is 4.47. The second-order valence-corrected chi connectivity index (χ2v) is 4.36. The first-order valence-electron chi connectivity index (χ1n) is 6.42. The molecule has 100 valence electrons. The summed E-state index contributed by atoms with van der Waals surface area (Å²) in [6.45, 7) is 5.91. The van der Waals surface area contributed by atoms with Gasteiger partial charge in [-0.1, -0.05) is 24.6 Å². The van der Waals surface area contributed by atoms with E-state index in [4.69, 9.17) is 4.74 Å². The van der Waals surface area contributed by atoms with Crippen LogP contribution >= 0.6 is 0 Å². The maximum atomic E-state index is 5.31. The molecule has 2 aromatic rings. The van der Waals surface area contributed by atoms with Gasteiger partial charge in [-0.05, 0) is 25.1 Å². The molecule has 0 aliphatic rings. The Morgan fingerprint density at radius 2 is 2.00 bits per heavy atom. The van der Waals surface area contributed by atoms with Crippen LogP contribution in [0.4, 0.5) is 0 Å². The Bertz CT molecular complexity index is 555. The average molecular weight is 257 g/mol. The molecule has 0 bridgehead atoms. The van der Waals surface area contributed by atoms with E-state index in [1.54, 1.807) is 19.5 Å². The molecule has 1 aromatic heterocycles. The van der Waals surface area contributed by atoms with Crippen LogP contribution < -0.4 is 10.1 Å². The fraction of sp³-hybridized carbons (Fsp3) is 0.333. The lowest BCUT2D eigenvalue weighted by Crippen LogP contribution is -2.13. The predicted molar refractivity (Wildman–Crippen MR) is 76.1 cm³/mol. The van der Waals surface area contributed by atoms with Crippen LogP contribution in [-0.4, -0.2) is 23.6 Å². The molecule has 0 spiro atoms. The molecule has 1 heterocycles. The number of ether oxygens (including phenoxy) is 1. The van der Waals surface area contributed by atoms with E-state index in [-0.39, 0.29) is 0 Å². The molecule has 0 saturated heterocycles. The molecule has 1 aromatic carbocycles. The smallest absolute Gasteiger partial charge is 0.240 e. The summed E-state index contributed by atoms with van der Waals surface area (Å²) in [5.41, 5.74) is 4.27. The number of hydrogen-bond acceptors (Lipinski definition) is 4. The number of benzene rings is 1. The third-order valence-corrected chi connectivity index (χ3v) is 2.94. The molecule has 0 fully saturated rings. The summed E-state index contributed by atoms with van der Waals surface area (Å²) in [4.78, 5) is 8.63. The van der Waals surface area contributed by atoms with E-state index in [2.05, 4.69) is 47.3 Å². The zero-order valence-electron chi connectivity index (χ0n) is 11.6. The van der Waals surface area contributed by atoms with Crippen LogP contribution in [-0.2, 0) is 6.54 Å². The molecule has 19 heavy (non-hydrogen) atoms. The number of hydrogen-bond donors (Lipinski definition) is 1. The Balaban J connectivity index is 2.49. The molecule has 0 aliphatic heterocycles. The van der Waals surface area contributed by atoms with Gasteiger partial charge in [-0.25, -0.2) is 9.97 Å². The first-order valence-corrected chi connectivity index (χ1v) is 6.42. The van der Waals surface area contributed by atoms with Crippen molar-refractivity contribution < 1.29 is 4.74 Å². The zero-order chi connectivity index (χ0) is 13.7. The van der Waals surface area contributed by atoms with E-state index in [0.717, 1.165) is 24.3 Å². The van der Waals surface area contributed by atoms with Crippen molar-refractivity contribution in [2.24, 2.45) is 0 Å². The van der Waals surface area contributed by atoms with Gasteiger partial charge in [0.15, 0.2) is 0 Å². The number of aryl methyl sites for hydroxylation is 1. The molecule has 0 aliphatic carbocycles. The largest absolute Gasteiger partial charge is 0.479 e. The normalized spacial score (nSPS) is 10.5. The number of nitrogens with zero attached hydrogens (tertiary/aromatic N) is 2. The number of methoxy groups -OCH3 is 1. The molecule has 0 unspecified atom stereocenters. The fourth-order valence-electron chi connectivity index (χ4n) is 1.98. The van der Waals surface area contributed by atoms with Crippen LogP contribution in [0.15, 0.2) is 30.6 Å². The topological polar surface area (TPSA) is 47.0 Å². The van der Waals surface area contributed by atoms with E-state index in [9.17, 15) is 0 Å². The minimum Gasteiger partial charge on any atom is -0.479 e. The van der Waals surface area contributed by atoms with Crippen LogP contribution in [0.5, 0.6) is 5.88 Å².